The molecule has 4 rings (SSSR count). The topological polar surface area (TPSA) is 61.2 Å². The Balaban J connectivity index is 1.68. The number of aromatic nitrogens is 1. The lowest BCUT2D eigenvalue weighted by Crippen LogP contribution is -2.34. The summed E-state index contributed by atoms with van der Waals surface area (Å²) in [5.74, 6) is 0.759. The summed E-state index contributed by atoms with van der Waals surface area (Å²) >= 11 is 0. The van der Waals surface area contributed by atoms with Crippen molar-refractivity contribution >= 4 is 16.6 Å². The van der Waals surface area contributed by atoms with Crippen molar-refractivity contribution < 1.29 is 4.74 Å². The quantitative estimate of drug-likeness (QED) is 0.581. The third-order valence-electron chi connectivity index (χ3n) is 6.21. The molecule has 1 saturated heterocycles. The number of benzene rings is 2. The van der Waals surface area contributed by atoms with Gasteiger partial charge in [-0.25, -0.2) is 0 Å². The number of hydrogen-bond donors (Lipinski definition) is 1. The summed E-state index contributed by atoms with van der Waals surface area (Å²) in [5, 5.41) is 14.3. The number of nitriles is 1. The minimum Gasteiger partial charge on any atom is -0.497 e. The molecule has 5 nitrogen and oxygen atoms in total. The molecule has 0 aliphatic carbocycles. The fraction of sp³-hybridized carbons (Fsp3) is 0.385. The highest BCUT2D eigenvalue weighted by atomic mass is 16.5. The number of aryl methyl sites for hydroxylation is 1. The Morgan fingerprint density at radius 3 is 2.52 bits per heavy atom. The molecular formula is C26H30N4O. The zero-order valence-corrected chi connectivity index (χ0v) is 18.4. The minimum atomic E-state index is 0.249. The van der Waals surface area contributed by atoms with Crippen molar-refractivity contribution in [1.82, 2.24) is 9.88 Å². The van der Waals surface area contributed by atoms with Crippen molar-refractivity contribution in [2.24, 2.45) is 0 Å². The number of anilines is 1. The Bertz CT molecular complexity index is 1060. The van der Waals surface area contributed by atoms with Gasteiger partial charge >= 0.3 is 0 Å². The van der Waals surface area contributed by atoms with E-state index in [4.69, 9.17) is 4.74 Å². The Hall–Kier alpha value is -3.10. The molecule has 1 aliphatic heterocycles. The van der Waals surface area contributed by atoms with E-state index in [9.17, 15) is 5.26 Å². The van der Waals surface area contributed by atoms with Gasteiger partial charge in [0.25, 0.3) is 0 Å². The van der Waals surface area contributed by atoms with Crippen LogP contribution in [-0.2, 0) is 0 Å². The molecule has 160 valence electrons. The first kappa shape index (κ1) is 21.1. The molecule has 1 atom stereocenters. The smallest absolute Gasteiger partial charge is 0.119 e. The number of pyridine rings is 1. The SMILES string of the molecule is COc1ccc2ncc(C#N)c(NCC(c3ccc(C)cc3)N3CCCCCC3)c2c1. The van der Waals surface area contributed by atoms with E-state index in [2.05, 4.69) is 52.5 Å². The van der Waals surface area contributed by atoms with Crippen LogP contribution in [0.5, 0.6) is 5.75 Å². The van der Waals surface area contributed by atoms with Crippen LogP contribution >= 0.6 is 0 Å². The highest BCUT2D eigenvalue weighted by Gasteiger charge is 2.22. The van der Waals surface area contributed by atoms with Gasteiger partial charge < -0.3 is 10.1 Å². The normalized spacial score (nSPS) is 15.8. The van der Waals surface area contributed by atoms with Crippen molar-refractivity contribution in [2.45, 2.75) is 38.6 Å². The van der Waals surface area contributed by atoms with E-state index in [1.54, 1.807) is 13.3 Å². The summed E-state index contributed by atoms with van der Waals surface area (Å²) in [6.45, 7) is 5.07. The van der Waals surface area contributed by atoms with Crippen LogP contribution in [0.1, 0.15) is 48.4 Å². The lowest BCUT2D eigenvalue weighted by Gasteiger charge is -2.32. The second-order valence-corrected chi connectivity index (χ2v) is 8.30. The highest BCUT2D eigenvalue weighted by Crippen LogP contribution is 2.31. The van der Waals surface area contributed by atoms with Crippen LogP contribution in [-0.4, -0.2) is 36.6 Å². The monoisotopic (exact) mass is 414 g/mol. The Morgan fingerprint density at radius 1 is 1.10 bits per heavy atom. The Kier molecular flexibility index (Phi) is 6.69. The van der Waals surface area contributed by atoms with Crippen LogP contribution in [0.15, 0.2) is 48.7 Å². The van der Waals surface area contributed by atoms with Crippen molar-refractivity contribution in [1.29, 1.82) is 5.26 Å². The number of nitrogens with one attached hydrogen (secondary N) is 1. The predicted octanol–water partition coefficient (Wildman–Crippen LogP) is 5.45. The number of hydrogen-bond acceptors (Lipinski definition) is 5. The van der Waals surface area contributed by atoms with Gasteiger partial charge in [0.2, 0.25) is 0 Å². The second kappa shape index (κ2) is 9.80. The molecular weight excluding hydrogens is 384 g/mol. The van der Waals surface area contributed by atoms with Crippen LogP contribution < -0.4 is 10.1 Å². The molecule has 5 heteroatoms. The largest absolute Gasteiger partial charge is 0.497 e. The van der Waals surface area contributed by atoms with Gasteiger partial charge in [0.15, 0.2) is 0 Å². The van der Waals surface area contributed by atoms with Gasteiger partial charge in [0, 0.05) is 18.1 Å². The maximum Gasteiger partial charge on any atom is 0.119 e. The van der Waals surface area contributed by atoms with Gasteiger partial charge in [-0.15, -0.1) is 0 Å². The number of nitrogens with zero attached hydrogens (tertiary/aromatic N) is 3. The maximum absolute atomic E-state index is 9.73. The first-order valence-corrected chi connectivity index (χ1v) is 11.1. The number of likely N-dealkylation sites (tertiary alicyclic amines) is 1. The van der Waals surface area contributed by atoms with Crippen LogP contribution in [0.4, 0.5) is 5.69 Å². The number of fused-ring (bicyclic) bond motifs is 1. The summed E-state index contributed by atoms with van der Waals surface area (Å²) in [6, 6.07) is 17.2. The van der Waals surface area contributed by atoms with E-state index in [0.717, 1.165) is 42.0 Å². The lowest BCUT2D eigenvalue weighted by molar-refractivity contribution is 0.213. The number of methoxy groups -OCH3 is 1. The van der Waals surface area contributed by atoms with Crippen molar-refractivity contribution in [3.63, 3.8) is 0 Å². The molecule has 31 heavy (non-hydrogen) atoms. The highest BCUT2D eigenvalue weighted by molar-refractivity contribution is 5.94. The average molecular weight is 415 g/mol. The molecule has 0 spiro atoms. The van der Waals surface area contributed by atoms with Crippen LogP contribution in [0.2, 0.25) is 0 Å². The maximum atomic E-state index is 9.73. The van der Waals surface area contributed by atoms with E-state index in [1.165, 1.54) is 36.8 Å². The fourth-order valence-corrected chi connectivity index (χ4v) is 4.43. The summed E-state index contributed by atoms with van der Waals surface area (Å²) in [5.41, 5.74) is 4.82. The molecule has 0 amide bonds. The van der Waals surface area contributed by atoms with Gasteiger partial charge in [0.1, 0.15) is 11.8 Å². The minimum absolute atomic E-state index is 0.249. The summed E-state index contributed by atoms with van der Waals surface area (Å²) in [4.78, 5) is 7.05. The molecule has 0 bridgehead atoms. The van der Waals surface area contributed by atoms with Gasteiger partial charge in [-0.2, -0.15) is 5.26 Å². The van der Waals surface area contributed by atoms with E-state index in [0.29, 0.717) is 5.56 Å². The van der Waals surface area contributed by atoms with E-state index < -0.39 is 0 Å². The summed E-state index contributed by atoms with van der Waals surface area (Å²) in [6.07, 6.45) is 6.74. The third-order valence-corrected chi connectivity index (χ3v) is 6.21. The molecule has 1 unspecified atom stereocenters. The van der Waals surface area contributed by atoms with Gasteiger partial charge in [-0.3, -0.25) is 9.88 Å². The first-order valence-electron chi connectivity index (χ1n) is 11.1. The molecule has 2 aromatic carbocycles. The first-order chi connectivity index (χ1) is 15.2. The molecule has 1 aliphatic rings. The molecule has 2 heterocycles. The lowest BCUT2D eigenvalue weighted by atomic mass is 10.0. The third kappa shape index (κ3) is 4.81. The molecule has 0 saturated carbocycles. The van der Waals surface area contributed by atoms with E-state index in [1.807, 2.05) is 18.2 Å². The molecule has 1 aromatic heterocycles. The molecule has 1 fully saturated rings. The summed E-state index contributed by atoms with van der Waals surface area (Å²) in [7, 11) is 1.66. The Morgan fingerprint density at radius 2 is 1.84 bits per heavy atom. The van der Waals surface area contributed by atoms with Gasteiger partial charge in [0.05, 0.1) is 29.9 Å². The van der Waals surface area contributed by atoms with Crippen LogP contribution in [0.25, 0.3) is 10.9 Å². The number of rotatable bonds is 6. The number of ether oxygens (including phenoxy) is 1. The van der Waals surface area contributed by atoms with Crippen molar-refractivity contribution in [3.8, 4) is 11.8 Å². The van der Waals surface area contributed by atoms with E-state index in [-0.39, 0.29) is 6.04 Å². The molecule has 0 radical (unpaired) electrons. The van der Waals surface area contributed by atoms with Crippen LogP contribution in [0, 0.1) is 18.3 Å². The van der Waals surface area contributed by atoms with E-state index >= 15 is 0 Å². The Labute approximate surface area is 184 Å². The van der Waals surface area contributed by atoms with Gasteiger partial charge in [-0.1, -0.05) is 42.7 Å². The zero-order chi connectivity index (χ0) is 21.6. The fourth-order valence-electron chi connectivity index (χ4n) is 4.43. The second-order valence-electron chi connectivity index (χ2n) is 8.30. The van der Waals surface area contributed by atoms with Gasteiger partial charge in [-0.05, 0) is 56.6 Å². The standard InChI is InChI=1S/C26H30N4O/c1-19-7-9-20(10-8-19)25(30-13-5-3-4-6-14-30)18-29-26-21(16-27)17-28-24-12-11-22(31-2)15-23(24)26/h7-12,15,17,25H,3-6,13-14,18H2,1-2H3,(H,28,29). The average Bonchev–Trinajstić information content (AvgIpc) is 3.09. The molecule has 1 N–H and O–H groups in total. The van der Waals surface area contributed by atoms with Crippen molar-refractivity contribution in [3.05, 3.63) is 65.4 Å². The molecule has 3 aromatic rings. The van der Waals surface area contributed by atoms with Crippen LogP contribution in [0.3, 0.4) is 0 Å². The van der Waals surface area contributed by atoms with Crippen molar-refractivity contribution in [2.75, 3.05) is 32.1 Å². The zero-order valence-electron chi connectivity index (χ0n) is 18.4. The summed E-state index contributed by atoms with van der Waals surface area (Å²) < 4.78 is 5.42. The predicted molar refractivity (Wildman–Crippen MR) is 125 cm³/mol.